The summed E-state index contributed by atoms with van der Waals surface area (Å²) in [6, 6.07) is 5.19. The summed E-state index contributed by atoms with van der Waals surface area (Å²) in [6.45, 7) is 0.470. The third-order valence-electron chi connectivity index (χ3n) is 6.58. The summed E-state index contributed by atoms with van der Waals surface area (Å²) in [6.07, 6.45) is 3.00. The van der Waals surface area contributed by atoms with Crippen molar-refractivity contribution in [1.29, 1.82) is 0 Å². The van der Waals surface area contributed by atoms with E-state index in [4.69, 9.17) is 4.74 Å². The Morgan fingerprint density at radius 2 is 1.89 bits per heavy atom. The number of likely N-dealkylation sites (tertiary alicyclic amines) is 2. The van der Waals surface area contributed by atoms with E-state index in [2.05, 4.69) is 20.9 Å². The molecule has 4 heterocycles. The average Bonchev–Trinajstić information content (AvgIpc) is 3.34. The number of nitrogens with zero attached hydrogens (tertiary/aromatic N) is 2. The van der Waals surface area contributed by atoms with Crippen LogP contribution in [-0.2, 0) is 19.2 Å². The van der Waals surface area contributed by atoms with Gasteiger partial charge >= 0.3 is 10.8 Å². The highest BCUT2D eigenvalue weighted by Crippen LogP contribution is 2.54. The first-order valence-corrected chi connectivity index (χ1v) is 13.9. The molecule has 2 N–H and O–H groups in total. The maximum Gasteiger partial charge on any atom is 0.323 e. The van der Waals surface area contributed by atoms with Crippen molar-refractivity contribution >= 4 is 62.7 Å². The molecule has 1 aromatic carbocycles. The van der Waals surface area contributed by atoms with Crippen LogP contribution in [0.5, 0.6) is 5.75 Å². The minimum Gasteiger partial charge on any atom is -0.483 e. The Hall–Kier alpha value is -2.64. The number of thiazole rings is 1. The summed E-state index contributed by atoms with van der Waals surface area (Å²) < 4.78 is 6.66. The van der Waals surface area contributed by atoms with Crippen LogP contribution in [-0.4, -0.2) is 75.1 Å². The molecule has 2 aromatic rings. The molecule has 5 rings (SSSR count). The molecule has 3 amide bonds. The number of halogens is 1. The summed E-state index contributed by atoms with van der Waals surface area (Å²) in [5, 5.41) is 8.83. The number of imide groups is 1. The van der Waals surface area contributed by atoms with Crippen molar-refractivity contribution in [3.05, 3.63) is 42.8 Å². The molecule has 0 radical (unpaired) electrons. The standard InChI is InChI=1S/C23H22BrN3O7S2/c24-11-4-5-13(34-10-14(28)26-6-2-1-3-7-26)12(8-11)16-17-19(35-20-18(16)36-23(33)25-20)22(32)27(21(17)31)9-15(29)30/h4-5,8,16-17,19H,1-3,6-7,9-10H2,(H,25,33)(H,29,30)/t16-,17?,19?/m0/s1. The van der Waals surface area contributed by atoms with Gasteiger partial charge in [0.05, 0.1) is 10.9 Å². The second-order valence-electron chi connectivity index (χ2n) is 8.82. The lowest BCUT2D eigenvalue weighted by Crippen LogP contribution is -2.38. The number of piperidine rings is 1. The number of hydrogen-bond donors (Lipinski definition) is 2. The van der Waals surface area contributed by atoms with Crippen LogP contribution in [0.2, 0.25) is 0 Å². The molecule has 2 saturated heterocycles. The molecule has 0 spiro atoms. The predicted octanol–water partition coefficient (Wildman–Crippen LogP) is 2.27. The number of aliphatic carboxylic acids is 1. The quantitative estimate of drug-likeness (QED) is 0.485. The summed E-state index contributed by atoms with van der Waals surface area (Å²) in [4.78, 5) is 68.3. The van der Waals surface area contributed by atoms with Gasteiger partial charge in [-0.3, -0.25) is 28.9 Å². The summed E-state index contributed by atoms with van der Waals surface area (Å²) in [7, 11) is 0. The van der Waals surface area contributed by atoms with Gasteiger partial charge in [0.2, 0.25) is 11.8 Å². The number of fused-ring (bicyclic) bond motifs is 2. The fourth-order valence-corrected chi connectivity index (χ4v) is 7.88. The van der Waals surface area contributed by atoms with Crippen molar-refractivity contribution in [2.24, 2.45) is 5.92 Å². The number of amides is 3. The Labute approximate surface area is 222 Å². The fourth-order valence-electron chi connectivity index (χ4n) is 4.97. The second-order valence-corrected chi connectivity index (χ2v) is 11.9. The number of carbonyl (C=O) groups excluding carboxylic acids is 3. The van der Waals surface area contributed by atoms with Crippen LogP contribution in [0.3, 0.4) is 0 Å². The second kappa shape index (κ2) is 10.0. The predicted molar refractivity (Wildman–Crippen MR) is 134 cm³/mol. The lowest BCUT2D eigenvalue weighted by molar-refractivity contribution is -0.149. The van der Waals surface area contributed by atoms with E-state index in [1.165, 1.54) is 0 Å². The first-order chi connectivity index (χ1) is 17.2. The van der Waals surface area contributed by atoms with Crippen molar-refractivity contribution in [2.45, 2.75) is 35.5 Å². The summed E-state index contributed by atoms with van der Waals surface area (Å²) in [5.41, 5.74) is 0.543. The lowest BCUT2D eigenvalue weighted by Gasteiger charge is -2.31. The Morgan fingerprint density at radius 3 is 2.61 bits per heavy atom. The molecule has 13 heteroatoms. The largest absolute Gasteiger partial charge is 0.483 e. The molecular weight excluding hydrogens is 574 g/mol. The maximum atomic E-state index is 13.4. The van der Waals surface area contributed by atoms with Crippen molar-refractivity contribution in [3.63, 3.8) is 0 Å². The number of carboxylic acids is 1. The molecule has 3 atom stereocenters. The highest BCUT2D eigenvalue weighted by atomic mass is 79.9. The normalized spacial score (nSPS) is 23.4. The Balaban J connectivity index is 1.53. The first kappa shape index (κ1) is 25.0. The average molecular weight is 596 g/mol. The summed E-state index contributed by atoms with van der Waals surface area (Å²) >= 11 is 5.47. The number of thioether (sulfide) groups is 1. The van der Waals surface area contributed by atoms with Crippen LogP contribution in [0.25, 0.3) is 0 Å². The molecule has 2 unspecified atom stereocenters. The molecule has 3 aliphatic rings. The van der Waals surface area contributed by atoms with Crippen molar-refractivity contribution in [2.75, 3.05) is 26.2 Å². The van der Waals surface area contributed by atoms with Gasteiger partial charge in [0.25, 0.3) is 5.91 Å². The van der Waals surface area contributed by atoms with Gasteiger partial charge < -0.3 is 19.7 Å². The number of benzene rings is 1. The third kappa shape index (κ3) is 4.59. The number of aromatic amines is 1. The molecule has 10 nitrogen and oxygen atoms in total. The molecule has 3 aliphatic heterocycles. The molecule has 0 bridgehead atoms. The van der Waals surface area contributed by atoms with Gasteiger partial charge in [-0.1, -0.05) is 39.0 Å². The number of nitrogens with one attached hydrogen (secondary N) is 1. The van der Waals surface area contributed by atoms with Gasteiger partial charge in [-0.05, 0) is 37.5 Å². The maximum absolute atomic E-state index is 13.4. The number of ether oxygens (including phenoxy) is 1. The number of hydrogen-bond acceptors (Lipinski definition) is 8. The van der Waals surface area contributed by atoms with E-state index < -0.39 is 41.4 Å². The topological polar surface area (TPSA) is 137 Å². The van der Waals surface area contributed by atoms with Crippen LogP contribution in [0.1, 0.15) is 35.6 Å². The van der Waals surface area contributed by atoms with Gasteiger partial charge in [0, 0.05) is 33.9 Å². The van der Waals surface area contributed by atoms with Crippen molar-refractivity contribution in [1.82, 2.24) is 14.8 Å². The zero-order valence-corrected chi connectivity index (χ0v) is 22.1. The number of aromatic nitrogens is 1. The van der Waals surface area contributed by atoms with Crippen molar-refractivity contribution in [3.8, 4) is 5.75 Å². The smallest absolute Gasteiger partial charge is 0.323 e. The Kier molecular flexibility index (Phi) is 6.97. The number of H-pyrrole nitrogens is 1. The SMILES string of the molecule is O=C(O)CN1C(=O)C2Sc3[nH]c(=O)sc3[C@@H](c3cc(Br)ccc3OCC(=O)N3CCCCC3)C2C1=O. The van der Waals surface area contributed by atoms with Crippen LogP contribution in [0, 0.1) is 5.92 Å². The number of carboxylic acid groups (broad SMARTS) is 1. The lowest BCUT2D eigenvalue weighted by atomic mass is 9.82. The number of carbonyl (C=O) groups is 4. The van der Waals surface area contributed by atoms with E-state index in [9.17, 15) is 29.1 Å². The monoisotopic (exact) mass is 595 g/mol. The Morgan fingerprint density at radius 1 is 1.14 bits per heavy atom. The van der Waals surface area contributed by atoms with E-state index in [0.717, 1.165) is 47.3 Å². The molecule has 190 valence electrons. The highest BCUT2D eigenvalue weighted by Gasteiger charge is 2.56. The molecule has 1 aromatic heterocycles. The van der Waals surface area contributed by atoms with Crippen LogP contribution >= 0.6 is 39.0 Å². The molecule has 36 heavy (non-hydrogen) atoms. The van der Waals surface area contributed by atoms with E-state index >= 15 is 0 Å². The molecular formula is C23H22BrN3O7S2. The van der Waals surface area contributed by atoms with Crippen LogP contribution in [0.15, 0.2) is 32.5 Å². The molecule has 2 fully saturated rings. The zero-order chi connectivity index (χ0) is 25.6. The minimum absolute atomic E-state index is 0.132. The van der Waals surface area contributed by atoms with E-state index in [1.54, 1.807) is 23.1 Å². The number of rotatable bonds is 6. The van der Waals surface area contributed by atoms with Gasteiger partial charge in [-0.2, -0.15) is 0 Å². The Bertz CT molecular complexity index is 1300. The third-order valence-corrected chi connectivity index (χ3v) is 9.47. The van der Waals surface area contributed by atoms with Gasteiger partial charge in [0.1, 0.15) is 17.5 Å². The first-order valence-electron chi connectivity index (χ1n) is 11.4. The van der Waals surface area contributed by atoms with Gasteiger partial charge in [0.15, 0.2) is 6.61 Å². The van der Waals surface area contributed by atoms with E-state index in [0.29, 0.717) is 38.8 Å². The highest BCUT2D eigenvalue weighted by molar-refractivity contribution is 9.10. The van der Waals surface area contributed by atoms with E-state index in [-0.39, 0.29) is 17.4 Å². The summed E-state index contributed by atoms with van der Waals surface area (Å²) in [5.74, 6) is -3.92. The van der Waals surface area contributed by atoms with Crippen molar-refractivity contribution < 1.29 is 29.0 Å². The van der Waals surface area contributed by atoms with Gasteiger partial charge in [-0.15, -0.1) is 0 Å². The molecule has 0 saturated carbocycles. The zero-order valence-electron chi connectivity index (χ0n) is 18.9. The van der Waals surface area contributed by atoms with Crippen LogP contribution in [0.4, 0.5) is 0 Å². The fraction of sp³-hybridized carbons (Fsp3) is 0.435. The van der Waals surface area contributed by atoms with Crippen LogP contribution < -0.4 is 9.61 Å². The van der Waals surface area contributed by atoms with E-state index in [1.807, 2.05) is 0 Å². The molecule has 0 aliphatic carbocycles. The van der Waals surface area contributed by atoms with Gasteiger partial charge in [-0.25, -0.2) is 0 Å². The minimum atomic E-state index is -1.29.